The third kappa shape index (κ3) is 8.57. The van der Waals surface area contributed by atoms with Crippen LogP contribution >= 0.6 is 12.4 Å². The Labute approximate surface area is 190 Å². The van der Waals surface area contributed by atoms with Crippen molar-refractivity contribution in [2.45, 2.75) is 50.9 Å². The van der Waals surface area contributed by atoms with Crippen molar-refractivity contribution in [1.29, 1.82) is 0 Å². The van der Waals surface area contributed by atoms with Crippen molar-refractivity contribution in [3.8, 4) is 11.5 Å². The fraction of sp³-hybridized carbons (Fsp3) is 0.409. The summed E-state index contributed by atoms with van der Waals surface area (Å²) in [7, 11) is 0. The summed E-state index contributed by atoms with van der Waals surface area (Å²) in [5.74, 6) is -1.04. The Morgan fingerprint density at radius 2 is 1.75 bits per heavy atom. The third-order valence-corrected chi connectivity index (χ3v) is 4.84. The number of unbranched alkanes of at least 4 members (excludes halogenated alkanes) is 1. The Kier molecular flexibility index (Phi) is 10.8. The maximum Gasteiger partial charge on any atom is 0.418 e. The van der Waals surface area contributed by atoms with Gasteiger partial charge in [0, 0.05) is 19.0 Å². The molecule has 32 heavy (non-hydrogen) atoms. The standard InChI is InChI=1S/C22H27F3N2O4.ClH/c1-14(26-13-20(30)15-10-11-18(28)19(29)12-15)6-2-5-9-21(31)27-17-8-4-3-7-16(17)22(23,24)25;/h3-4,7-8,10-12,14,20,26,28-30H,2,5-6,9,13H2,1H3,(H,27,31);1H. The fourth-order valence-corrected chi connectivity index (χ4v) is 3.07. The number of aromatic hydroxyl groups is 2. The Hall–Kier alpha value is -2.49. The average Bonchev–Trinajstić information content (AvgIpc) is 2.71. The molecule has 2 unspecified atom stereocenters. The number of alkyl halides is 3. The first kappa shape index (κ1) is 27.5. The third-order valence-electron chi connectivity index (χ3n) is 4.84. The van der Waals surface area contributed by atoms with Gasteiger partial charge in [-0.1, -0.05) is 24.6 Å². The van der Waals surface area contributed by atoms with Gasteiger partial charge in [0.1, 0.15) is 0 Å². The van der Waals surface area contributed by atoms with Gasteiger partial charge in [-0.3, -0.25) is 4.79 Å². The highest BCUT2D eigenvalue weighted by atomic mass is 35.5. The van der Waals surface area contributed by atoms with Crippen LogP contribution in [0.5, 0.6) is 11.5 Å². The minimum atomic E-state index is -4.53. The number of amides is 1. The molecule has 0 aromatic heterocycles. The zero-order valence-electron chi connectivity index (χ0n) is 17.5. The number of aliphatic hydroxyl groups excluding tert-OH is 1. The van der Waals surface area contributed by atoms with E-state index in [0.717, 1.165) is 6.07 Å². The summed E-state index contributed by atoms with van der Waals surface area (Å²) in [5, 5.41) is 34.4. The number of rotatable bonds is 10. The van der Waals surface area contributed by atoms with Gasteiger partial charge in [-0.25, -0.2) is 0 Å². The van der Waals surface area contributed by atoms with Crippen LogP contribution in [0.15, 0.2) is 42.5 Å². The Morgan fingerprint density at radius 3 is 2.41 bits per heavy atom. The minimum Gasteiger partial charge on any atom is -0.504 e. The van der Waals surface area contributed by atoms with Crippen LogP contribution < -0.4 is 10.6 Å². The van der Waals surface area contributed by atoms with Gasteiger partial charge in [-0.15, -0.1) is 12.4 Å². The van der Waals surface area contributed by atoms with Crippen LogP contribution in [0.25, 0.3) is 0 Å². The van der Waals surface area contributed by atoms with Gasteiger partial charge >= 0.3 is 6.18 Å². The number of para-hydroxylation sites is 1. The van der Waals surface area contributed by atoms with E-state index in [2.05, 4.69) is 10.6 Å². The van der Waals surface area contributed by atoms with Crippen LogP contribution in [0.3, 0.4) is 0 Å². The van der Waals surface area contributed by atoms with Crippen molar-refractivity contribution in [1.82, 2.24) is 5.32 Å². The second kappa shape index (κ2) is 12.5. The molecule has 0 bridgehead atoms. The van der Waals surface area contributed by atoms with Crippen molar-refractivity contribution in [3.05, 3.63) is 53.6 Å². The van der Waals surface area contributed by atoms with E-state index in [4.69, 9.17) is 0 Å². The second-order valence-corrected chi connectivity index (χ2v) is 7.41. The first-order chi connectivity index (χ1) is 14.6. The number of aliphatic hydroxyl groups is 1. The van der Waals surface area contributed by atoms with E-state index in [1.54, 1.807) is 0 Å². The molecule has 0 heterocycles. The molecular weight excluding hydrogens is 449 g/mol. The molecule has 0 spiro atoms. The predicted molar refractivity (Wildman–Crippen MR) is 118 cm³/mol. The quantitative estimate of drug-likeness (QED) is 0.251. The zero-order chi connectivity index (χ0) is 23.0. The van der Waals surface area contributed by atoms with Crippen LogP contribution in [0.4, 0.5) is 18.9 Å². The summed E-state index contributed by atoms with van der Waals surface area (Å²) in [6, 6.07) is 9.01. The lowest BCUT2D eigenvalue weighted by Gasteiger charge is -2.18. The SMILES string of the molecule is CC(CCCCC(=O)Nc1ccccc1C(F)(F)F)NCC(O)c1ccc(O)c(O)c1.Cl. The zero-order valence-corrected chi connectivity index (χ0v) is 18.3. The van der Waals surface area contributed by atoms with Gasteiger partial charge < -0.3 is 26.0 Å². The summed E-state index contributed by atoms with van der Waals surface area (Å²) in [5.41, 5.74) is -0.656. The summed E-state index contributed by atoms with van der Waals surface area (Å²) in [6.07, 6.45) is -3.39. The van der Waals surface area contributed by atoms with Gasteiger partial charge in [-0.05, 0) is 49.6 Å². The summed E-state index contributed by atoms with van der Waals surface area (Å²) < 4.78 is 38.9. The maximum absolute atomic E-state index is 13.0. The predicted octanol–water partition coefficient (Wildman–Crippen LogP) is 4.75. The Morgan fingerprint density at radius 1 is 1.06 bits per heavy atom. The Balaban J connectivity index is 0.00000512. The molecule has 10 heteroatoms. The first-order valence-electron chi connectivity index (χ1n) is 9.97. The van der Waals surface area contributed by atoms with Crippen LogP contribution in [-0.4, -0.2) is 33.8 Å². The van der Waals surface area contributed by atoms with E-state index in [0.29, 0.717) is 24.8 Å². The molecule has 0 saturated carbocycles. The van der Waals surface area contributed by atoms with Crippen molar-refractivity contribution >= 4 is 24.0 Å². The van der Waals surface area contributed by atoms with E-state index >= 15 is 0 Å². The molecule has 2 rings (SSSR count). The van der Waals surface area contributed by atoms with E-state index < -0.39 is 23.8 Å². The van der Waals surface area contributed by atoms with Crippen molar-refractivity contribution < 1.29 is 33.3 Å². The van der Waals surface area contributed by atoms with Crippen molar-refractivity contribution in [2.75, 3.05) is 11.9 Å². The number of nitrogens with one attached hydrogen (secondary N) is 2. The van der Waals surface area contributed by atoms with Crippen molar-refractivity contribution in [3.63, 3.8) is 0 Å². The molecule has 6 nitrogen and oxygen atoms in total. The number of phenols is 2. The maximum atomic E-state index is 13.0. The minimum absolute atomic E-state index is 0. The molecule has 2 atom stereocenters. The number of carbonyl (C=O) groups is 1. The molecule has 5 N–H and O–H groups in total. The van der Waals surface area contributed by atoms with Crippen LogP contribution in [0.2, 0.25) is 0 Å². The number of benzene rings is 2. The molecule has 1 amide bonds. The molecule has 0 aliphatic rings. The molecule has 0 radical (unpaired) electrons. The van der Waals surface area contributed by atoms with E-state index in [9.17, 15) is 33.3 Å². The number of hydrogen-bond acceptors (Lipinski definition) is 5. The van der Waals surface area contributed by atoms with Gasteiger partial charge in [0.15, 0.2) is 11.5 Å². The second-order valence-electron chi connectivity index (χ2n) is 7.41. The molecular formula is C22H28ClF3N2O4. The molecule has 0 fully saturated rings. The molecule has 178 valence electrons. The van der Waals surface area contributed by atoms with Gasteiger partial charge in [-0.2, -0.15) is 13.2 Å². The molecule has 0 aliphatic carbocycles. The van der Waals surface area contributed by atoms with Crippen LogP contribution in [0.1, 0.15) is 49.8 Å². The Bertz CT molecular complexity index is 880. The molecule has 0 aliphatic heterocycles. The number of anilines is 1. The van der Waals surface area contributed by atoms with E-state index in [-0.39, 0.29) is 48.6 Å². The monoisotopic (exact) mass is 476 g/mol. The largest absolute Gasteiger partial charge is 0.504 e. The number of phenolic OH excluding ortho intramolecular Hbond substituents is 2. The lowest BCUT2D eigenvalue weighted by atomic mass is 10.1. The fourth-order valence-electron chi connectivity index (χ4n) is 3.07. The highest BCUT2D eigenvalue weighted by Crippen LogP contribution is 2.34. The molecule has 2 aromatic carbocycles. The lowest BCUT2D eigenvalue weighted by molar-refractivity contribution is -0.137. The average molecular weight is 477 g/mol. The normalized spacial score (nSPS) is 13.2. The smallest absolute Gasteiger partial charge is 0.418 e. The summed E-state index contributed by atoms with van der Waals surface area (Å²) in [6.45, 7) is 2.15. The topological polar surface area (TPSA) is 102 Å². The summed E-state index contributed by atoms with van der Waals surface area (Å²) >= 11 is 0. The highest BCUT2D eigenvalue weighted by molar-refractivity contribution is 5.91. The van der Waals surface area contributed by atoms with E-state index in [1.807, 2.05) is 6.92 Å². The van der Waals surface area contributed by atoms with E-state index in [1.165, 1.54) is 36.4 Å². The van der Waals surface area contributed by atoms with Crippen LogP contribution in [0, 0.1) is 0 Å². The van der Waals surface area contributed by atoms with Gasteiger partial charge in [0.2, 0.25) is 5.91 Å². The number of halogens is 4. The number of hydrogen-bond donors (Lipinski definition) is 5. The van der Waals surface area contributed by atoms with Gasteiger partial charge in [0.05, 0.1) is 17.4 Å². The van der Waals surface area contributed by atoms with Crippen molar-refractivity contribution in [2.24, 2.45) is 0 Å². The van der Waals surface area contributed by atoms with Crippen LogP contribution in [-0.2, 0) is 11.0 Å². The lowest BCUT2D eigenvalue weighted by Crippen LogP contribution is -2.30. The summed E-state index contributed by atoms with van der Waals surface area (Å²) in [4.78, 5) is 12.0. The van der Waals surface area contributed by atoms with Gasteiger partial charge in [0.25, 0.3) is 0 Å². The highest BCUT2D eigenvalue weighted by Gasteiger charge is 2.33. The number of carbonyl (C=O) groups excluding carboxylic acids is 1. The molecule has 2 aromatic rings. The molecule has 0 saturated heterocycles. The first-order valence-corrected chi connectivity index (χ1v) is 9.97.